The number of carboxylic acid groups (broad SMARTS) is 1. The van der Waals surface area contributed by atoms with Gasteiger partial charge in [0.2, 0.25) is 0 Å². The van der Waals surface area contributed by atoms with E-state index in [2.05, 4.69) is 0 Å². The van der Waals surface area contributed by atoms with Crippen molar-refractivity contribution in [1.82, 2.24) is 0 Å². The van der Waals surface area contributed by atoms with Crippen molar-refractivity contribution in [2.45, 2.75) is 84.8 Å². The molecule has 3 N–H and O–H groups in total. The summed E-state index contributed by atoms with van der Waals surface area (Å²) in [6.07, 6.45) is 0.706. The predicted octanol–water partition coefficient (Wildman–Crippen LogP) is 3.57. The van der Waals surface area contributed by atoms with Crippen LogP contribution in [-0.2, 0) is 23.9 Å². The summed E-state index contributed by atoms with van der Waals surface area (Å²) in [5.41, 5.74) is 6.40. The quantitative estimate of drug-likeness (QED) is 0.330. The van der Waals surface area contributed by atoms with Gasteiger partial charge in [-0.25, -0.2) is 0 Å². The zero-order valence-electron chi connectivity index (χ0n) is 20.0. The lowest BCUT2D eigenvalue weighted by atomic mass is 9.87. The molecule has 0 amide bonds. The van der Waals surface area contributed by atoms with Crippen LogP contribution in [0, 0.1) is 5.92 Å². The Bertz CT molecular complexity index is 836. The molecule has 0 aliphatic carbocycles. The van der Waals surface area contributed by atoms with Crippen molar-refractivity contribution in [2.24, 2.45) is 11.7 Å². The third-order valence-corrected chi connectivity index (χ3v) is 4.98. The van der Waals surface area contributed by atoms with Crippen LogP contribution in [0.2, 0.25) is 0 Å². The van der Waals surface area contributed by atoms with E-state index in [-0.39, 0.29) is 43.2 Å². The number of hydrogen-bond donors (Lipinski definition) is 2. The summed E-state index contributed by atoms with van der Waals surface area (Å²) >= 11 is 0. The summed E-state index contributed by atoms with van der Waals surface area (Å²) in [6.45, 7) is 8.92. The summed E-state index contributed by atoms with van der Waals surface area (Å²) in [4.78, 5) is 47.4. The Balaban J connectivity index is 3.20. The van der Waals surface area contributed by atoms with E-state index in [1.54, 1.807) is 26.8 Å². The normalized spacial score (nSPS) is 13.7. The van der Waals surface area contributed by atoms with Gasteiger partial charge in [-0.15, -0.1) is 0 Å². The number of carbonyl (C=O) groups is 4. The molecule has 33 heavy (non-hydrogen) atoms. The lowest BCUT2D eigenvalue weighted by Gasteiger charge is -2.25. The highest BCUT2D eigenvalue weighted by Crippen LogP contribution is 2.35. The lowest BCUT2D eigenvalue weighted by Crippen LogP contribution is -2.38. The summed E-state index contributed by atoms with van der Waals surface area (Å²) in [7, 11) is 0. The lowest BCUT2D eigenvalue weighted by molar-refractivity contribution is -0.149. The van der Waals surface area contributed by atoms with E-state index >= 15 is 0 Å². The Kier molecular flexibility index (Phi) is 11.6. The van der Waals surface area contributed by atoms with Crippen molar-refractivity contribution in [3.05, 3.63) is 23.8 Å². The molecular weight excluding hydrogens is 430 g/mol. The van der Waals surface area contributed by atoms with Gasteiger partial charge in [-0.2, -0.15) is 0 Å². The topological polar surface area (TPSA) is 142 Å². The monoisotopic (exact) mass is 465 g/mol. The molecule has 9 nitrogen and oxygen atoms in total. The van der Waals surface area contributed by atoms with Gasteiger partial charge in [0.1, 0.15) is 6.04 Å². The minimum absolute atomic E-state index is 0.00896. The fraction of sp³-hybridized carbons (Fsp3) is 0.583. The van der Waals surface area contributed by atoms with E-state index in [1.807, 2.05) is 13.8 Å². The van der Waals surface area contributed by atoms with Crippen LogP contribution in [0.5, 0.6) is 11.5 Å². The standard InChI is InChI=1S/C24H35NO8/c1-6-20(26)32-18-10-9-16(13-19(18)33-21(27)7-2)17(23(25)24(29)30)12-15(5)31-22(28)11-8-14(3)4/h9-10,13-15,17,23H,6-8,11-12,25H2,1-5H3,(H,29,30)/t15?,17?,23-/m0/s1. The van der Waals surface area contributed by atoms with E-state index in [9.17, 15) is 24.3 Å². The molecule has 184 valence electrons. The molecule has 2 unspecified atom stereocenters. The van der Waals surface area contributed by atoms with Crippen LogP contribution >= 0.6 is 0 Å². The first-order valence-electron chi connectivity index (χ1n) is 11.2. The third-order valence-electron chi connectivity index (χ3n) is 4.98. The predicted molar refractivity (Wildman–Crippen MR) is 121 cm³/mol. The maximum atomic E-state index is 12.1. The molecule has 0 spiro atoms. The minimum atomic E-state index is -1.31. The molecule has 1 aromatic rings. The molecule has 0 bridgehead atoms. The first kappa shape index (κ1) is 28.1. The first-order valence-corrected chi connectivity index (χ1v) is 11.2. The highest BCUT2D eigenvalue weighted by molar-refractivity contribution is 5.77. The summed E-state index contributed by atoms with van der Waals surface area (Å²) in [6, 6.07) is 3.12. The number of hydrogen-bond acceptors (Lipinski definition) is 8. The summed E-state index contributed by atoms with van der Waals surface area (Å²) < 4.78 is 16.0. The highest BCUT2D eigenvalue weighted by Gasteiger charge is 2.30. The molecule has 0 aliphatic heterocycles. The van der Waals surface area contributed by atoms with Gasteiger partial charge in [0.15, 0.2) is 11.5 Å². The van der Waals surface area contributed by atoms with Crippen molar-refractivity contribution in [3.63, 3.8) is 0 Å². The molecule has 0 aliphatic rings. The van der Waals surface area contributed by atoms with Crippen LogP contribution < -0.4 is 15.2 Å². The van der Waals surface area contributed by atoms with Crippen LogP contribution in [0.15, 0.2) is 18.2 Å². The van der Waals surface area contributed by atoms with Crippen molar-refractivity contribution in [3.8, 4) is 11.5 Å². The molecule has 0 radical (unpaired) electrons. The van der Waals surface area contributed by atoms with E-state index in [1.165, 1.54) is 12.1 Å². The number of benzene rings is 1. The second-order valence-electron chi connectivity index (χ2n) is 8.30. The molecule has 1 aromatic carbocycles. The number of esters is 3. The van der Waals surface area contributed by atoms with Crippen LogP contribution in [0.4, 0.5) is 0 Å². The van der Waals surface area contributed by atoms with E-state index in [4.69, 9.17) is 19.9 Å². The average Bonchev–Trinajstić information content (AvgIpc) is 2.76. The number of aliphatic carboxylic acids is 1. The van der Waals surface area contributed by atoms with Gasteiger partial charge in [0.25, 0.3) is 0 Å². The number of nitrogens with two attached hydrogens (primary N) is 1. The fourth-order valence-electron chi connectivity index (χ4n) is 3.07. The highest BCUT2D eigenvalue weighted by atomic mass is 16.6. The van der Waals surface area contributed by atoms with E-state index in [0.29, 0.717) is 17.9 Å². The fourth-order valence-corrected chi connectivity index (χ4v) is 3.07. The van der Waals surface area contributed by atoms with Gasteiger partial charge in [-0.3, -0.25) is 19.2 Å². The van der Waals surface area contributed by atoms with Crippen LogP contribution in [0.25, 0.3) is 0 Å². The molecule has 0 heterocycles. The molecule has 9 heteroatoms. The van der Waals surface area contributed by atoms with E-state index in [0.717, 1.165) is 0 Å². The Labute approximate surface area is 194 Å². The van der Waals surface area contributed by atoms with Gasteiger partial charge >= 0.3 is 23.9 Å². The van der Waals surface area contributed by atoms with Gasteiger partial charge < -0.3 is 25.1 Å². The Hall–Kier alpha value is -2.94. The molecule has 1 rings (SSSR count). The number of rotatable bonds is 13. The van der Waals surface area contributed by atoms with Crippen LogP contribution in [0.3, 0.4) is 0 Å². The first-order chi connectivity index (χ1) is 15.5. The van der Waals surface area contributed by atoms with Gasteiger partial charge in [-0.05, 0) is 43.4 Å². The maximum absolute atomic E-state index is 12.1. The summed E-state index contributed by atoms with van der Waals surface area (Å²) in [5.74, 6) is -3.03. The van der Waals surface area contributed by atoms with Crippen molar-refractivity contribution in [1.29, 1.82) is 0 Å². The second-order valence-corrected chi connectivity index (χ2v) is 8.30. The largest absolute Gasteiger partial charge is 0.480 e. The molecular formula is C24H35NO8. The van der Waals surface area contributed by atoms with Crippen molar-refractivity contribution in [2.75, 3.05) is 0 Å². The Morgan fingerprint density at radius 3 is 2.03 bits per heavy atom. The smallest absolute Gasteiger partial charge is 0.321 e. The number of ether oxygens (including phenoxy) is 3. The van der Waals surface area contributed by atoms with Gasteiger partial charge in [-0.1, -0.05) is 33.8 Å². The second kappa shape index (κ2) is 13.6. The van der Waals surface area contributed by atoms with Gasteiger partial charge in [0.05, 0.1) is 6.10 Å². The zero-order chi connectivity index (χ0) is 25.1. The molecule has 3 atom stereocenters. The average molecular weight is 466 g/mol. The molecule has 0 saturated heterocycles. The summed E-state index contributed by atoms with van der Waals surface area (Å²) in [5, 5.41) is 9.52. The maximum Gasteiger partial charge on any atom is 0.321 e. The van der Waals surface area contributed by atoms with Crippen molar-refractivity contribution >= 4 is 23.9 Å². The van der Waals surface area contributed by atoms with Gasteiger partial charge in [0, 0.05) is 25.2 Å². The SMILES string of the molecule is CCC(=O)Oc1ccc(C(CC(C)OC(=O)CCC(C)C)[C@H](N)C(=O)O)cc1OC(=O)CC. The van der Waals surface area contributed by atoms with Crippen LogP contribution in [-0.4, -0.2) is 41.1 Å². The zero-order valence-corrected chi connectivity index (χ0v) is 20.0. The number of carboxylic acids is 1. The molecule has 0 fully saturated rings. The van der Waals surface area contributed by atoms with Crippen molar-refractivity contribution < 1.29 is 38.5 Å². The third kappa shape index (κ3) is 9.61. The Morgan fingerprint density at radius 1 is 0.939 bits per heavy atom. The van der Waals surface area contributed by atoms with Crippen LogP contribution in [0.1, 0.15) is 78.2 Å². The molecule has 0 aromatic heterocycles. The molecule has 0 saturated carbocycles. The van der Waals surface area contributed by atoms with E-state index < -0.39 is 36.0 Å². The minimum Gasteiger partial charge on any atom is -0.480 e. The Morgan fingerprint density at radius 2 is 1.52 bits per heavy atom. The number of carbonyl (C=O) groups excluding carboxylic acids is 3.